The molecule has 3 rings (SSSR count). The van der Waals surface area contributed by atoms with Crippen molar-refractivity contribution < 1.29 is 0 Å². The van der Waals surface area contributed by atoms with Gasteiger partial charge < -0.3 is 4.31 Å². The summed E-state index contributed by atoms with van der Waals surface area (Å²) in [5.74, 6) is 0. The van der Waals surface area contributed by atoms with E-state index in [0.717, 1.165) is 5.69 Å². The molecule has 0 radical (unpaired) electrons. The molecule has 0 aliphatic heterocycles. The number of rotatable bonds is 4. The van der Waals surface area contributed by atoms with Crippen LogP contribution in [0.4, 0.5) is 5.69 Å². The van der Waals surface area contributed by atoms with E-state index in [1.54, 1.807) is 0 Å². The highest BCUT2D eigenvalue weighted by Crippen LogP contribution is 2.39. The Morgan fingerprint density at radius 3 is 1.41 bits per heavy atom. The van der Waals surface area contributed by atoms with Crippen LogP contribution in [0.15, 0.2) is 91.0 Å². The van der Waals surface area contributed by atoms with Crippen LogP contribution in [0, 0.1) is 0 Å². The molecular formula is C20H19NS. The van der Waals surface area contributed by atoms with Crippen molar-refractivity contribution in [3.05, 3.63) is 102 Å². The highest BCUT2D eigenvalue weighted by molar-refractivity contribution is 7.81. The van der Waals surface area contributed by atoms with Crippen LogP contribution in [0.5, 0.6) is 0 Å². The fourth-order valence-corrected chi connectivity index (χ4v) is 3.13. The molecule has 110 valence electrons. The first-order chi connectivity index (χ1) is 10.7. The number of thiol groups is 1. The lowest BCUT2D eigenvalue weighted by Gasteiger charge is -2.40. The molecular weight excluding hydrogens is 286 g/mol. The minimum atomic E-state index is -0.354. The summed E-state index contributed by atoms with van der Waals surface area (Å²) in [7, 11) is 0. The molecule has 0 saturated carbocycles. The zero-order chi connectivity index (χ0) is 15.4. The van der Waals surface area contributed by atoms with Gasteiger partial charge in [-0.3, -0.25) is 0 Å². The van der Waals surface area contributed by atoms with Gasteiger partial charge in [0.2, 0.25) is 0 Å². The van der Waals surface area contributed by atoms with Crippen molar-refractivity contribution in [3.63, 3.8) is 0 Å². The zero-order valence-corrected chi connectivity index (χ0v) is 13.4. The Kier molecular flexibility index (Phi) is 4.21. The summed E-state index contributed by atoms with van der Waals surface area (Å²) in [6.45, 7) is 2.21. The lowest BCUT2D eigenvalue weighted by molar-refractivity contribution is 0.615. The third-order valence-electron chi connectivity index (χ3n) is 4.10. The number of anilines is 1. The number of nitrogens with zero attached hydrogens (tertiary/aromatic N) is 1. The molecule has 0 atom stereocenters. The van der Waals surface area contributed by atoms with Crippen LogP contribution in [0.3, 0.4) is 0 Å². The molecule has 0 bridgehead atoms. The van der Waals surface area contributed by atoms with Crippen LogP contribution in [-0.4, -0.2) is 0 Å². The first-order valence-corrected chi connectivity index (χ1v) is 7.78. The molecule has 0 spiro atoms. The van der Waals surface area contributed by atoms with Crippen molar-refractivity contribution in [2.75, 3.05) is 4.31 Å². The molecule has 0 N–H and O–H groups in total. The fraction of sp³-hybridized carbons (Fsp3) is 0.100. The molecule has 0 aliphatic rings. The first kappa shape index (κ1) is 14.7. The number of hydrogen-bond donors (Lipinski definition) is 1. The average Bonchev–Trinajstić information content (AvgIpc) is 2.62. The van der Waals surface area contributed by atoms with E-state index in [-0.39, 0.29) is 5.54 Å². The lowest BCUT2D eigenvalue weighted by atomic mass is 9.84. The molecule has 0 aliphatic carbocycles. The van der Waals surface area contributed by atoms with Crippen LogP contribution < -0.4 is 4.31 Å². The lowest BCUT2D eigenvalue weighted by Crippen LogP contribution is -2.39. The van der Waals surface area contributed by atoms with Gasteiger partial charge in [0.05, 0.1) is 5.54 Å². The SMILES string of the molecule is CC(c1ccccc1)(c1ccccc1)N(S)c1ccccc1. The summed E-state index contributed by atoms with van der Waals surface area (Å²) in [5, 5.41) is 0. The van der Waals surface area contributed by atoms with Gasteiger partial charge in [-0.1, -0.05) is 91.7 Å². The minimum Gasteiger partial charge on any atom is -0.304 e. The van der Waals surface area contributed by atoms with Gasteiger partial charge in [0.25, 0.3) is 0 Å². The van der Waals surface area contributed by atoms with Gasteiger partial charge in [-0.25, -0.2) is 0 Å². The molecule has 0 heterocycles. The number of benzene rings is 3. The van der Waals surface area contributed by atoms with Gasteiger partial charge >= 0.3 is 0 Å². The van der Waals surface area contributed by atoms with Gasteiger partial charge in [0, 0.05) is 5.69 Å². The Hall–Kier alpha value is -2.19. The summed E-state index contributed by atoms with van der Waals surface area (Å²) < 4.78 is 2.04. The Morgan fingerprint density at radius 2 is 1.00 bits per heavy atom. The molecule has 0 unspecified atom stereocenters. The molecule has 3 aromatic rings. The third-order valence-corrected chi connectivity index (χ3v) is 4.73. The molecule has 2 heteroatoms. The maximum Gasteiger partial charge on any atom is 0.0982 e. The van der Waals surface area contributed by atoms with E-state index in [1.807, 2.05) is 34.6 Å². The van der Waals surface area contributed by atoms with Crippen LogP contribution in [-0.2, 0) is 5.54 Å². The van der Waals surface area contributed by atoms with E-state index in [1.165, 1.54) is 11.1 Å². The van der Waals surface area contributed by atoms with Crippen molar-refractivity contribution in [2.45, 2.75) is 12.5 Å². The summed E-state index contributed by atoms with van der Waals surface area (Å²) in [4.78, 5) is 0. The van der Waals surface area contributed by atoms with E-state index < -0.39 is 0 Å². The molecule has 1 nitrogen and oxygen atoms in total. The Balaban J connectivity index is 2.16. The van der Waals surface area contributed by atoms with Crippen molar-refractivity contribution in [1.82, 2.24) is 0 Å². The van der Waals surface area contributed by atoms with Gasteiger partial charge in [0.1, 0.15) is 0 Å². The molecule has 0 fully saturated rings. The van der Waals surface area contributed by atoms with Crippen molar-refractivity contribution in [3.8, 4) is 0 Å². The average molecular weight is 305 g/mol. The topological polar surface area (TPSA) is 3.24 Å². The first-order valence-electron chi connectivity index (χ1n) is 7.38. The third kappa shape index (κ3) is 2.62. The second kappa shape index (κ2) is 6.29. The predicted octanol–water partition coefficient (Wildman–Crippen LogP) is 5.30. The van der Waals surface area contributed by atoms with Crippen molar-refractivity contribution in [1.29, 1.82) is 0 Å². The second-order valence-electron chi connectivity index (χ2n) is 5.45. The smallest absolute Gasteiger partial charge is 0.0982 e. The quantitative estimate of drug-likeness (QED) is 0.640. The molecule has 0 amide bonds. The summed E-state index contributed by atoms with van der Waals surface area (Å²) in [5.41, 5.74) is 3.13. The normalized spacial score (nSPS) is 11.2. The van der Waals surface area contributed by atoms with Gasteiger partial charge in [0.15, 0.2) is 0 Å². The van der Waals surface area contributed by atoms with Crippen molar-refractivity contribution >= 4 is 18.5 Å². The summed E-state index contributed by atoms with van der Waals surface area (Å²) in [6.07, 6.45) is 0. The van der Waals surface area contributed by atoms with Crippen LogP contribution >= 0.6 is 12.8 Å². The highest BCUT2D eigenvalue weighted by atomic mass is 32.1. The molecule has 0 aromatic heterocycles. The largest absolute Gasteiger partial charge is 0.304 e. The van der Waals surface area contributed by atoms with Crippen LogP contribution in [0.25, 0.3) is 0 Å². The molecule has 22 heavy (non-hydrogen) atoms. The van der Waals surface area contributed by atoms with Crippen LogP contribution in [0.1, 0.15) is 18.1 Å². The molecule has 0 saturated heterocycles. The van der Waals surface area contributed by atoms with E-state index in [4.69, 9.17) is 12.8 Å². The van der Waals surface area contributed by atoms with E-state index in [2.05, 4.69) is 67.6 Å². The Bertz CT molecular complexity index is 671. The maximum absolute atomic E-state index is 4.86. The van der Waals surface area contributed by atoms with Gasteiger partial charge in [-0.15, -0.1) is 0 Å². The van der Waals surface area contributed by atoms with E-state index in [9.17, 15) is 0 Å². The summed E-state index contributed by atoms with van der Waals surface area (Å²) >= 11 is 4.86. The Morgan fingerprint density at radius 1 is 0.636 bits per heavy atom. The van der Waals surface area contributed by atoms with Gasteiger partial charge in [-0.05, 0) is 30.2 Å². The van der Waals surface area contributed by atoms with Crippen molar-refractivity contribution in [2.24, 2.45) is 0 Å². The standard InChI is InChI=1S/C20H19NS/c1-20(17-11-5-2-6-12-17,18-13-7-3-8-14-18)21(22)19-15-9-4-10-16-19/h2-16,22H,1H3. The maximum atomic E-state index is 4.86. The van der Waals surface area contributed by atoms with Gasteiger partial charge in [-0.2, -0.15) is 0 Å². The fourth-order valence-electron chi connectivity index (χ4n) is 2.76. The second-order valence-corrected chi connectivity index (χ2v) is 5.85. The monoisotopic (exact) mass is 305 g/mol. The minimum absolute atomic E-state index is 0.354. The number of hydrogen-bond acceptors (Lipinski definition) is 2. The zero-order valence-electron chi connectivity index (χ0n) is 12.6. The Labute approximate surface area is 137 Å². The number of para-hydroxylation sites is 1. The van der Waals surface area contributed by atoms with E-state index >= 15 is 0 Å². The van der Waals surface area contributed by atoms with Crippen LogP contribution in [0.2, 0.25) is 0 Å². The van der Waals surface area contributed by atoms with E-state index in [0.29, 0.717) is 0 Å². The predicted molar refractivity (Wildman–Crippen MR) is 97.2 cm³/mol. The summed E-state index contributed by atoms with van der Waals surface area (Å²) in [6, 6.07) is 31.2. The highest BCUT2D eigenvalue weighted by Gasteiger charge is 2.34. The molecule has 3 aromatic carbocycles.